The van der Waals surface area contributed by atoms with E-state index in [1.54, 1.807) is 13.8 Å². The minimum atomic E-state index is -0.645. The number of aryl methyl sites for hydroxylation is 1. The van der Waals surface area contributed by atoms with E-state index < -0.39 is 5.54 Å². The van der Waals surface area contributed by atoms with E-state index in [1.807, 2.05) is 31.2 Å². The van der Waals surface area contributed by atoms with Crippen molar-refractivity contribution in [1.82, 2.24) is 10.6 Å². The normalized spacial score (nSPS) is 10.9. The van der Waals surface area contributed by atoms with Crippen molar-refractivity contribution < 1.29 is 14.6 Å². The minimum Gasteiger partial charge on any atom is -0.473 e. The van der Waals surface area contributed by atoms with Crippen molar-refractivity contribution in [2.24, 2.45) is 0 Å². The van der Waals surface area contributed by atoms with Gasteiger partial charge in [0.15, 0.2) is 6.73 Å². The molecule has 0 unspecified atom stereocenters. The minimum absolute atomic E-state index is 0.0798. The number of aliphatic hydroxyl groups is 1. The van der Waals surface area contributed by atoms with E-state index >= 15 is 0 Å². The molecule has 3 N–H and O–H groups in total. The summed E-state index contributed by atoms with van der Waals surface area (Å²) in [5, 5.41) is 14.2. The molecule has 2 amide bonds. The fourth-order valence-corrected chi connectivity index (χ4v) is 1.21. The van der Waals surface area contributed by atoms with Gasteiger partial charge in [0.05, 0.1) is 12.1 Å². The maximum atomic E-state index is 11.4. The van der Waals surface area contributed by atoms with Crippen LogP contribution in [0.15, 0.2) is 24.3 Å². The van der Waals surface area contributed by atoms with Crippen molar-refractivity contribution in [3.05, 3.63) is 29.8 Å². The van der Waals surface area contributed by atoms with E-state index in [9.17, 15) is 4.79 Å². The van der Waals surface area contributed by atoms with Gasteiger partial charge in [-0.2, -0.15) is 0 Å². The molecule has 18 heavy (non-hydrogen) atoms. The zero-order valence-electron chi connectivity index (χ0n) is 11.0. The van der Waals surface area contributed by atoms with E-state index in [0.29, 0.717) is 5.75 Å². The maximum Gasteiger partial charge on any atom is 0.317 e. The Kier molecular flexibility index (Phi) is 4.97. The quantitative estimate of drug-likeness (QED) is 0.694. The zero-order valence-corrected chi connectivity index (χ0v) is 11.0. The van der Waals surface area contributed by atoms with Gasteiger partial charge in [-0.05, 0) is 32.9 Å². The summed E-state index contributed by atoms with van der Waals surface area (Å²) < 4.78 is 5.35. The molecule has 5 heteroatoms. The maximum absolute atomic E-state index is 11.4. The fraction of sp³-hybridized carbons (Fsp3) is 0.462. The summed E-state index contributed by atoms with van der Waals surface area (Å²) in [7, 11) is 0. The van der Waals surface area contributed by atoms with Gasteiger partial charge in [0.25, 0.3) is 0 Å². The summed E-state index contributed by atoms with van der Waals surface area (Å²) in [5.41, 5.74) is 0.506. The lowest BCUT2D eigenvalue weighted by Gasteiger charge is -2.23. The second-order valence-electron chi connectivity index (χ2n) is 4.77. The Morgan fingerprint density at radius 2 is 1.94 bits per heavy atom. The number of hydrogen-bond donors (Lipinski definition) is 3. The van der Waals surface area contributed by atoms with Gasteiger partial charge < -0.3 is 20.5 Å². The first-order chi connectivity index (χ1) is 8.43. The van der Waals surface area contributed by atoms with Crippen LogP contribution in [-0.4, -0.2) is 30.0 Å². The molecule has 0 aliphatic heterocycles. The second kappa shape index (κ2) is 6.26. The number of rotatable bonds is 5. The Balaban J connectivity index is 2.29. The molecule has 0 atom stereocenters. The molecule has 100 valence electrons. The number of carbonyl (C=O) groups excluding carboxylic acids is 1. The first-order valence-electron chi connectivity index (χ1n) is 5.79. The zero-order chi connectivity index (χ0) is 13.6. The van der Waals surface area contributed by atoms with Gasteiger partial charge in [-0.25, -0.2) is 4.79 Å². The Morgan fingerprint density at radius 1 is 1.33 bits per heavy atom. The molecule has 1 aromatic carbocycles. The third-order valence-electron chi connectivity index (χ3n) is 2.34. The number of ether oxygens (including phenoxy) is 1. The molecule has 0 heterocycles. The molecule has 0 spiro atoms. The van der Waals surface area contributed by atoms with Crippen LogP contribution in [0.25, 0.3) is 0 Å². The summed E-state index contributed by atoms with van der Waals surface area (Å²) in [4.78, 5) is 11.4. The smallest absolute Gasteiger partial charge is 0.317 e. The fourth-order valence-electron chi connectivity index (χ4n) is 1.21. The third kappa shape index (κ3) is 5.05. The van der Waals surface area contributed by atoms with Crippen LogP contribution in [0.2, 0.25) is 0 Å². The van der Waals surface area contributed by atoms with Crippen LogP contribution in [0.3, 0.4) is 0 Å². The third-order valence-corrected chi connectivity index (χ3v) is 2.34. The van der Waals surface area contributed by atoms with E-state index in [1.165, 1.54) is 0 Å². The Bertz CT molecular complexity index is 388. The van der Waals surface area contributed by atoms with E-state index in [4.69, 9.17) is 9.84 Å². The first-order valence-corrected chi connectivity index (χ1v) is 5.79. The monoisotopic (exact) mass is 252 g/mol. The molecule has 5 nitrogen and oxygen atoms in total. The molecule has 0 saturated heterocycles. The molecular formula is C13H20N2O3. The van der Waals surface area contributed by atoms with Crippen LogP contribution in [0.5, 0.6) is 5.75 Å². The van der Waals surface area contributed by atoms with Gasteiger partial charge in [-0.3, -0.25) is 0 Å². The van der Waals surface area contributed by atoms with Crippen molar-refractivity contribution in [2.45, 2.75) is 26.3 Å². The Hall–Kier alpha value is -1.75. The lowest BCUT2D eigenvalue weighted by molar-refractivity contribution is 0.176. The van der Waals surface area contributed by atoms with Crippen molar-refractivity contribution in [3.63, 3.8) is 0 Å². The molecule has 0 aliphatic rings. The number of aliphatic hydroxyl groups excluding tert-OH is 1. The van der Waals surface area contributed by atoms with Crippen LogP contribution in [0, 0.1) is 6.92 Å². The highest BCUT2D eigenvalue weighted by Crippen LogP contribution is 2.10. The lowest BCUT2D eigenvalue weighted by atomic mass is 10.1. The van der Waals surface area contributed by atoms with Gasteiger partial charge in [-0.1, -0.05) is 17.7 Å². The molecule has 1 rings (SSSR count). The highest BCUT2D eigenvalue weighted by Gasteiger charge is 2.18. The molecule has 0 saturated carbocycles. The molecule has 0 fully saturated rings. The first kappa shape index (κ1) is 14.3. The summed E-state index contributed by atoms with van der Waals surface area (Å²) in [6.07, 6.45) is 0. The van der Waals surface area contributed by atoms with Crippen LogP contribution >= 0.6 is 0 Å². The largest absolute Gasteiger partial charge is 0.473 e. The van der Waals surface area contributed by atoms with Crippen molar-refractivity contribution in [2.75, 3.05) is 13.3 Å². The number of hydrogen-bond acceptors (Lipinski definition) is 3. The number of carbonyl (C=O) groups is 1. The van der Waals surface area contributed by atoms with Crippen LogP contribution in [-0.2, 0) is 0 Å². The Morgan fingerprint density at radius 3 is 2.50 bits per heavy atom. The summed E-state index contributed by atoms with van der Waals surface area (Å²) in [6, 6.07) is 7.18. The molecule has 0 aliphatic carbocycles. The molecular weight excluding hydrogens is 232 g/mol. The molecule has 0 radical (unpaired) electrons. The van der Waals surface area contributed by atoms with E-state index in [-0.39, 0.29) is 19.4 Å². The highest BCUT2D eigenvalue weighted by atomic mass is 16.5. The van der Waals surface area contributed by atoms with Crippen molar-refractivity contribution >= 4 is 6.03 Å². The molecule has 0 aromatic heterocycles. The van der Waals surface area contributed by atoms with E-state index in [0.717, 1.165) is 5.56 Å². The number of benzene rings is 1. The number of amides is 2. The average molecular weight is 252 g/mol. The van der Waals surface area contributed by atoms with Gasteiger partial charge >= 0.3 is 6.03 Å². The SMILES string of the molecule is Cc1ccc(OCNC(=O)NC(C)(C)CO)cc1. The lowest BCUT2D eigenvalue weighted by Crippen LogP contribution is -2.51. The Labute approximate surface area is 107 Å². The van der Waals surface area contributed by atoms with Crippen molar-refractivity contribution in [3.8, 4) is 5.75 Å². The summed E-state index contributed by atoms with van der Waals surface area (Å²) in [5.74, 6) is 0.697. The number of nitrogens with one attached hydrogen (secondary N) is 2. The van der Waals surface area contributed by atoms with Crippen LogP contribution < -0.4 is 15.4 Å². The van der Waals surface area contributed by atoms with Crippen LogP contribution in [0.1, 0.15) is 19.4 Å². The predicted octanol–water partition coefficient (Wildman–Crippen LogP) is 1.40. The topological polar surface area (TPSA) is 70.6 Å². The highest BCUT2D eigenvalue weighted by molar-refractivity contribution is 5.74. The van der Waals surface area contributed by atoms with Gasteiger partial charge in [0.2, 0.25) is 0 Å². The standard InChI is InChI=1S/C13H20N2O3/c1-10-4-6-11(7-5-10)18-9-14-12(17)15-13(2,3)8-16/h4-7,16H,8-9H2,1-3H3,(H2,14,15,17). The summed E-state index contributed by atoms with van der Waals surface area (Å²) >= 11 is 0. The number of urea groups is 1. The van der Waals surface area contributed by atoms with Gasteiger partial charge in [0.1, 0.15) is 5.75 Å². The summed E-state index contributed by atoms with van der Waals surface area (Å²) in [6.45, 7) is 5.41. The van der Waals surface area contributed by atoms with E-state index in [2.05, 4.69) is 10.6 Å². The second-order valence-corrected chi connectivity index (χ2v) is 4.77. The molecule has 0 bridgehead atoms. The predicted molar refractivity (Wildman–Crippen MR) is 69.5 cm³/mol. The molecule has 1 aromatic rings. The average Bonchev–Trinajstić information content (AvgIpc) is 2.31. The van der Waals surface area contributed by atoms with Crippen molar-refractivity contribution in [1.29, 1.82) is 0 Å². The van der Waals surface area contributed by atoms with Crippen LogP contribution in [0.4, 0.5) is 4.79 Å². The van der Waals surface area contributed by atoms with Gasteiger partial charge in [-0.15, -0.1) is 0 Å². The van der Waals surface area contributed by atoms with Gasteiger partial charge in [0, 0.05) is 0 Å².